The van der Waals surface area contributed by atoms with Gasteiger partial charge in [0.25, 0.3) is 0 Å². The monoisotopic (exact) mass is 230 g/mol. The average molecular weight is 230 g/mol. The first-order chi connectivity index (χ1) is 7.24. The molecular weight excluding hydrogens is 208 g/mol. The molecule has 1 heterocycles. The highest BCUT2D eigenvalue weighted by Gasteiger charge is 2.21. The second kappa shape index (κ2) is 7.12. The molecule has 4 heteroatoms. The van der Waals surface area contributed by atoms with Crippen LogP contribution in [0.3, 0.4) is 0 Å². The quantitative estimate of drug-likeness (QED) is 0.747. The van der Waals surface area contributed by atoms with Crippen LogP contribution in [-0.4, -0.2) is 36.5 Å². The predicted molar refractivity (Wildman–Crippen MR) is 66.2 cm³/mol. The van der Waals surface area contributed by atoms with Crippen LogP contribution in [0.5, 0.6) is 0 Å². The summed E-state index contributed by atoms with van der Waals surface area (Å²) in [6.45, 7) is 6.13. The number of nitrogens with one attached hydrogen (secondary N) is 2. The van der Waals surface area contributed by atoms with Gasteiger partial charge in [-0.05, 0) is 32.1 Å². The molecule has 0 saturated carbocycles. The Labute approximate surface area is 96.8 Å². The number of amides is 1. The summed E-state index contributed by atoms with van der Waals surface area (Å²) < 4.78 is 0. The van der Waals surface area contributed by atoms with E-state index in [4.69, 9.17) is 0 Å². The molecule has 0 aliphatic carbocycles. The van der Waals surface area contributed by atoms with Gasteiger partial charge < -0.3 is 10.6 Å². The standard InChI is InChI=1S/C11H22N2OS/c1-3-15-8-9(2)13-11(14)10-5-4-6-12-7-10/h9-10,12H,3-8H2,1-2H3,(H,13,14)/t9?,10-/m0/s1. The molecule has 1 amide bonds. The Hall–Kier alpha value is -0.220. The van der Waals surface area contributed by atoms with Crippen LogP contribution in [-0.2, 0) is 4.79 Å². The number of carbonyl (C=O) groups is 1. The van der Waals surface area contributed by atoms with Gasteiger partial charge in [-0.1, -0.05) is 6.92 Å². The SMILES string of the molecule is CCSCC(C)NC(=O)[C@H]1CCCNC1. The zero-order valence-corrected chi connectivity index (χ0v) is 10.5. The number of hydrogen-bond donors (Lipinski definition) is 2. The Kier molecular flexibility index (Phi) is 6.10. The molecule has 1 rings (SSSR count). The summed E-state index contributed by atoms with van der Waals surface area (Å²) in [5, 5.41) is 6.35. The van der Waals surface area contributed by atoms with Crippen molar-refractivity contribution in [1.29, 1.82) is 0 Å². The average Bonchev–Trinajstić information content (AvgIpc) is 2.27. The Bertz CT molecular complexity index is 193. The van der Waals surface area contributed by atoms with Crippen LogP contribution in [0.1, 0.15) is 26.7 Å². The summed E-state index contributed by atoms with van der Waals surface area (Å²) in [5.41, 5.74) is 0. The Morgan fingerprint density at radius 3 is 3.07 bits per heavy atom. The minimum atomic E-state index is 0.188. The summed E-state index contributed by atoms with van der Waals surface area (Å²) in [5.74, 6) is 2.55. The molecule has 0 aromatic heterocycles. The normalized spacial score (nSPS) is 23.5. The van der Waals surface area contributed by atoms with Crippen molar-refractivity contribution in [3.63, 3.8) is 0 Å². The minimum Gasteiger partial charge on any atom is -0.353 e. The molecule has 1 unspecified atom stereocenters. The number of thioether (sulfide) groups is 1. The minimum absolute atomic E-state index is 0.188. The first kappa shape index (κ1) is 12.8. The third-order valence-corrected chi connectivity index (χ3v) is 3.77. The molecule has 0 aromatic carbocycles. The van der Waals surface area contributed by atoms with Crippen LogP contribution in [0.15, 0.2) is 0 Å². The van der Waals surface area contributed by atoms with Gasteiger partial charge in [0.05, 0.1) is 5.92 Å². The van der Waals surface area contributed by atoms with E-state index in [2.05, 4.69) is 24.5 Å². The predicted octanol–water partition coefficient (Wildman–Crippen LogP) is 1.24. The lowest BCUT2D eigenvalue weighted by atomic mass is 9.98. The van der Waals surface area contributed by atoms with E-state index in [0.717, 1.165) is 37.4 Å². The summed E-state index contributed by atoms with van der Waals surface area (Å²) in [6.07, 6.45) is 2.16. The molecule has 3 nitrogen and oxygen atoms in total. The largest absolute Gasteiger partial charge is 0.353 e. The van der Waals surface area contributed by atoms with E-state index < -0.39 is 0 Å². The first-order valence-corrected chi connectivity index (χ1v) is 6.98. The lowest BCUT2D eigenvalue weighted by Crippen LogP contribution is -2.44. The Balaban J connectivity index is 2.21. The lowest BCUT2D eigenvalue weighted by Gasteiger charge is -2.23. The molecule has 1 saturated heterocycles. The van der Waals surface area contributed by atoms with Crippen LogP contribution < -0.4 is 10.6 Å². The molecule has 2 atom stereocenters. The van der Waals surface area contributed by atoms with Crippen molar-refractivity contribution < 1.29 is 4.79 Å². The maximum Gasteiger partial charge on any atom is 0.224 e. The van der Waals surface area contributed by atoms with Gasteiger partial charge in [0.1, 0.15) is 0 Å². The molecule has 2 N–H and O–H groups in total. The van der Waals surface area contributed by atoms with Crippen molar-refractivity contribution in [2.45, 2.75) is 32.7 Å². The number of rotatable bonds is 5. The van der Waals surface area contributed by atoms with E-state index in [-0.39, 0.29) is 11.8 Å². The van der Waals surface area contributed by atoms with Crippen molar-refractivity contribution >= 4 is 17.7 Å². The highest BCUT2D eigenvalue weighted by Crippen LogP contribution is 2.10. The van der Waals surface area contributed by atoms with Crippen molar-refractivity contribution in [2.75, 3.05) is 24.6 Å². The van der Waals surface area contributed by atoms with E-state index in [0.29, 0.717) is 6.04 Å². The summed E-state index contributed by atoms with van der Waals surface area (Å²) in [7, 11) is 0. The molecule has 88 valence electrons. The van der Waals surface area contributed by atoms with Gasteiger partial charge in [-0.3, -0.25) is 4.79 Å². The fourth-order valence-electron chi connectivity index (χ4n) is 1.77. The van der Waals surface area contributed by atoms with E-state index in [1.165, 1.54) is 0 Å². The molecule has 0 radical (unpaired) electrons. The topological polar surface area (TPSA) is 41.1 Å². The van der Waals surface area contributed by atoms with Crippen molar-refractivity contribution in [1.82, 2.24) is 10.6 Å². The maximum atomic E-state index is 11.8. The summed E-state index contributed by atoms with van der Waals surface area (Å²) in [4.78, 5) is 11.8. The van der Waals surface area contributed by atoms with E-state index >= 15 is 0 Å². The van der Waals surface area contributed by atoms with Gasteiger partial charge in [0.2, 0.25) is 5.91 Å². The van der Waals surface area contributed by atoms with E-state index in [9.17, 15) is 4.79 Å². The molecule has 0 spiro atoms. The zero-order valence-electron chi connectivity index (χ0n) is 9.71. The molecule has 1 aliphatic heterocycles. The number of carbonyl (C=O) groups excluding carboxylic acids is 1. The highest BCUT2D eigenvalue weighted by atomic mass is 32.2. The fourth-order valence-corrected chi connectivity index (χ4v) is 2.45. The van der Waals surface area contributed by atoms with Gasteiger partial charge in [0.15, 0.2) is 0 Å². The maximum absolute atomic E-state index is 11.8. The highest BCUT2D eigenvalue weighted by molar-refractivity contribution is 7.99. The lowest BCUT2D eigenvalue weighted by molar-refractivity contribution is -0.125. The second-order valence-corrected chi connectivity index (χ2v) is 5.43. The van der Waals surface area contributed by atoms with Gasteiger partial charge in [-0.25, -0.2) is 0 Å². The van der Waals surface area contributed by atoms with Crippen LogP contribution in [0.25, 0.3) is 0 Å². The van der Waals surface area contributed by atoms with Crippen molar-refractivity contribution in [3.05, 3.63) is 0 Å². The van der Waals surface area contributed by atoms with E-state index in [1.807, 2.05) is 11.8 Å². The van der Waals surface area contributed by atoms with Crippen molar-refractivity contribution in [3.8, 4) is 0 Å². The Morgan fingerprint density at radius 1 is 1.67 bits per heavy atom. The fraction of sp³-hybridized carbons (Fsp3) is 0.909. The third-order valence-electron chi connectivity index (χ3n) is 2.63. The molecule has 0 bridgehead atoms. The van der Waals surface area contributed by atoms with Gasteiger partial charge in [-0.2, -0.15) is 11.8 Å². The van der Waals surface area contributed by atoms with Crippen LogP contribution in [0, 0.1) is 5.92 Å². The second-order valence-electron chi connectivity index (χ2n) is 4.11. The molecule has 1 fully saturated rings. The smallest absolute Gasteiger partial charge is 0.224 e. The first-order valence-electron chi connectivity index (χ1n) is 5.83. The van der Waals surface area contributed by atoms with Crippen molar-refractivity contribution in [2.24, 2.45) is 5.92 Å². The van der Waals surface area contributed by atoms with Crippen LogP contribution >= 0.6 is 11.8 Å². The number of hydrogen-bond acceptors (Lipinski definition) is 3. The third kappa shape index (κ3) is 4.89. The van der Waals surface area contributed by atoms with Crippen LogP contribution in [0.4, 0.5) is 0 Å². The Morgan fingerprint density at radius 2 is 2.47 bits per heavy atom. The number of piperidine rings is 1. The molecule has 15 heavy (non-hydrogen) atoms. The van der Waals surface area contributed by atoms with Crippen LogP contribution in [0.2, 0.25) is 0 Å². The van der Waals surface area contributed by atoms with Gasteiger partial charge >= 0.3 is 0 Å². The van der Waals surface area contributed by atoms with E-state index in [1.54, 1.807) is 0 Å². The van der Waals surface area contributed by atoms with Gasteiger partial charge in [-0.15, -0.1) is 0 Å². The molecule has 1 aliphatic rings. The molecular formula is C11H22N2OS. The zero-order chi connectivity index (χ0) is 11.1. The summed E-state index contributed by atoms with van der Waals surface area (Å²) >= 11 is 1.87. The van der Waals surface area contributed by atoms with Gasteiger partial charge in [0, 0.05) is 18.3 Å². The molecule has 0 aromatic rings. The summed E-state index contributed by atoms with van der Waals surface area (Å²) in [6, 6.07) is 0.296.